The molecular weight excluding hydrogens is 278 g/mol. The van der Waals surface area contributed by atoms with Crippen LogP contribution >= 0.6 is 0 Å². The quantitative estimate of drug-likeness (QED) is 0.855. The molecule has 1 aliphatic carbocycles. The molecule has 0 spiro atoms. The normalized spacial score (nSPS) is 16.6. The molecule has 0 unspecified atom stereocenters. The van der Waals surface area contributed by atoms with Gasteiger partial charge in [-0.25, -0.2) is 13.6 Å². The summed E-state index contributed by atoms with van der Waals surface area (Å²) >= 11 is 0. The van der Waals surface area contributed by atoms with Crippen molar-refractivity contribution < 1.29 is 13.2 Å². The Balaban J connectivity index is 2.39. The summed E-state index contributed by atoms with van der Waals surface area (Å²) in [7, 11) is -0.450. The standard InChI is InChI=1S/C13H19N3O3S/c1-13(6-7-13)15-12(17)9-4-5-10(16(2)3)11(8-9)20(14,18)19/h4-5,8H,6-7H2,1-3H3,(H,15,17)(H2,14,18,19). The predicted molar refractivity (Wildman–Crippen MR) is 77.2 cm³/mol. The van der Waals surface area contributed by atoms with E-state index < -0.39 is 10.0 Å². The molecule has 3 N–H and O–H groups in total. The van der Waals surface area contributed by atoms with E-state index >= 15 is 0 Å². The number of hydrogen-bond donors (Lipinski definition) is 2. The lowest BCUT2D eigenvalue weighted by Crippen LogP contribution is -2.34. The summed E-state index contributed by atoms with van der Waals surface area (Å²) in [4.78, 5) is 13.7. The lowest BCUT2D eigenvalue weighted by Gasteiger charge is -2.18. The number of carbonyl (C=O) groups excluding carboxylic acids is 1. The van der Waals surface area contributed by atoms with Crippen LogP contribution in [0.3, 0.4) is 0 Å². The van der Waals surface area contributed by atoms with Crippen LogP contribution in [-0.4, -0.2) is 34.0 Å². The first-order valence-electron chi connectivity index (χ1n) is 6.29. The number of primary sulfonamides is 1. The zero-order valence-corrected chi connectivity index (χ0v) is 12.6. The number of nitrogens with zero attached hydrogens (tertiary/aromatic N) is 1. The summed E-state index contributed by atoms with van der Waals surface area (Å²) in [6.45, 7) is 1.96. The first-order chi connectivity index (χ1) is 9.12. The average molecular weight is 297 g/mol. The highest BCUT2D eigenvalue weighted by molar-refractivity contribution is 7.89. The van der Waals surface area contributed by atoms with Crippen molar-refractivity contribution >= 4 is 21.6 Å². The summed E-state index contributed by atoms with van der Waals surface area (Å²) in [6.07, 6.45) is 1.88. The maximum atomic E-state index is 12.1. The Morgan fingerprint density at radius 1 is 1.35 bits per heavy atom. The molecule has 6 nitrogen and oxygen atoms in total. The highest BCUT2D eigenvalue weighted by Gasteiger charge is 2.38. The third-order valence-corrected chi connectivity index (χ3v) is 4.37. The van der Waals surface area contributed by atoms with Gasteiger partial charge >= 0.3 is 0 Å². The summed E-state index contributed by atoms with van der Waals surface area (Å²) in [5.41, 5.74) is 0.605. The zero-order valence-electron chi connectivity index (χ0n) is 11.8. The minimum atomic E-state index is -3.88. The van der Waals surface area contributed by atoms with E-state index in [4.69, 9.17) is 5.14 Å². The molecule has 0 bridgehead atoms. The number of nitrogens with two attached hydrogens (primary N) is 1. The minimum Gasteiger partial charge on any atom is -0.377 e. The molecule has 1 aromatic rings. The van der Waals surface area contributed by atoms with Crippen molar-refractivity contribution in [3.63, 3.8) is 0 Å². The molecule has 1 aromatic carbocycles. The monoisotopic (exact) mass is 297 g/mol. The van der Waals surface area contributed by atoms with Crippen LogP contribution in [0.5, 0.6) is 0 Å². The molecule has 1 saturated carbocycles. The van der Waals surface area contributed by atoms with Crippen molar-refractivity contribution in [1.82, 2.24) is 5.32 Å². The van der Waals surface area contributed by atoms with E-state index in [1.165, 1.54) is 6.07 Å². The van der Waals surface area contributed by atoms with Crippen molar-refractivity contribution in [3.8, 4) is 0 Å². The van der Waals surface area contributed by atoms with Gasteiger partial charge in [0.25, 0.3) is 5.91 Å². The molecule has 110 valence electrons. The molecule has 1 fully saturated rings. The molecule has 0 radical (unpaired) electrons. The van der Waals surface area contributed by atoms with Gasteiger partial charge in [0.15, 0.2) is 0 Å². The number of sulfonamides is 1. The van der Waals surface area contributed by atoms with E-state index in [-0.39, 0.29) is 16.3 Å². The molecule has 1 aliphatic rings. The van der Waals surface area contributed by atoms with Crippen LogP contribution in [0.15, 0.2) is 23.1 Å². The number of carbonyl (C=O) groups is 1. The van der Waals surface area contributed by atoms with Gasteiger partial charge in [0.1, 0.15) is 4.90 Å². The molecule has 0 aromatic heterocycles. The van der Waals surface area contributed by atoms with Crippen LogP contribution in [0.1, 0.15) is 30.1 Å². The Kier molecular flexibility index (Phi) is 3.51. The van der Waals surface area contributed by atoms with Crippen LogP contribution in [-0.2, 0) is 10.0 Å². The highest BCUT2D eigenvalue weighted by atomic mass is 32.2. The molecule has 0 aliphatic heterocycles. The van der Waals surface area contributed by atoms with E-state index in [1.54, 1.807) is 31.1 Å². The maximum absolute atomic E-state index is 12.1. The smallest absolute Gasteiger partial charge is 0.251 e. The van der Waals surface area contributed by atoms with Gasteiger partial charge in [-0.2, -0.15) is 0 Å². The van der Waals surface area contributed by atoms with Crippen molar-refractivity contribution in [3.05, 3.63) is 23.8 Å². The molecule has 0 saturated heterocycles. The van der Waals surface area contributed by atoms with E-state index in [0.717, 1.165) is 12.8 Å². The molecule has 2 rings (SSSR count). The van der Waals surface area contributed by atoms with E-state index in [1.807, 2.05) is 6.92 Å². The molecule has 20 heavy (non-hydrogen) atoms. The Hall–Kier alpha value is -1.60. The van der Waals surface area contributed by atoms with Crippen LogP contribution in [0.4, 0.5) is 5.69 Å². The second kappa shape index (κ2) is 4.75. The second-order valence-electron chi connectivity index (χ2n) is 5.64. The van der Waals surface area contributed by atoms with Gasteiger partial charge in [0.05, 0.1) is 5.69 Å². The third kappa shape index (κ3) is 3.10. The Labute approximate surface area is 119 Å². The fraction of sp³-hybridized carbons (Fsp3) is 0.462. The van der Waals surface area contributed by atoms with Gasteiger partial charge in [0.2, 0.25) is 10.0 Å². The van der Waals surface area contributed by atoms with Crippen molar-refractivity contribution in [2.24, 2.45) is 5.14 Å². The lowest BCUT2D eigenvalue weighted by atomic mass is 10.1. The highest BCUT2D eigenvalue weighted by Crippen LogP contribution is 2.34. The number of rotatable bonds is 4. The Morgan fingerprint density at radius 3 is 2.40 bits per heavy atom. The fourth-order valence-electron chi connectivity index (χ4n) is 1.91. The summed E-state index contributed by atoms with van der Waals surface area (Å²) < 4.78 is 23.3. The molecule has 0 heterocycles. The third-order valence-electron chi connectivity index (χ3n) is 3.43. The largest absolute Gasteiger partial charge is 0.377 e. The maximum Gasteiger partial charge on any atom is 0.251 e. The molecule has 0 atom stereocenters. The van der Waals surface area contributed by atoms with Crippen molar-refractivity contribution in [2.45, 2.75) is 30.2 Å². The number of amides is 1. The Morgan fingerprint density at radius 2 is 1.95 bits per heavy atom. The van der Waals surface area contributed by atoms with E-state index in [0.29, 0.717) is 11.3 Å². The number of anilines is 1. The van der Waals surface area contributed by atoms with Crippen molar-refractivity contribution in [2.75, 3.05) is 19.0 Å². The van der Waals surface area contributed by atoms with Gasteiger partial charge < -0.3 is 10.2 Å². The molecule has 1 amide bonds. The zero-order chi connectivity index (χ0) is 15.1. The van der Waals surface area contributed by atoms with Crippen LogP contribution < -0.4 is 15.4 Å². The first-order valence-corrected chi connectivity index (χ1v) is 7.84. The van der Waals surface area contributed by atoms with Crippen LogP contribution in [0, 0.1) is 0 Å². The predicted octanol–water partition coefficient (Wildman–Crippen LogP) is 0.682. The SMILES string of the molecule is CN(C)c1ccc(C(=O)NC2(C)CC2)cc1S(N)(=O)=O. The van der Waals surface area contributed by atoms with Gasteiger partial charge in [-0.1, -0.05) is 0 Å². The first kappa shape index (κ1) is 14.8. The fourth-order valence-corrected chi connectivity index (χ4v) is 2.74. The minimum absolute atomic E-state index is 0.0453. The Bertz CT molecular complexity index is 649. The van der Waals surface area contributed by atoms with E-state index in [9.17, 15) is 13.2 Å². The van der Waals surface area contributed by atoms with Crippen LogP contribution in [0.25, 0.3) is 0 Å². The van der Waals surface area contributed by atoms with Crippen molar-refractivity contribution in [1.29, 1.82) is 0 Å². The summed E-state index contributed by atoms with van der Waals surface area (Å²) in [5.74, 6) is -0.278. The average Bonchev–Trinajstić information content (AvgIpc) is 3.04. The van der Waals surface area contributed by atoms with Gasteiger partial charge in [-0.05, 0) is 38.0 Å². The second-order valence-corrected chi connectivity index (χ2v) is 7.17. The summed E-state index contributed by atoms with van der Waals surface area (Å²) in [5, 5.41) is 8.10. The topological polar surface area (TPSA) is 92.5 Å². The number of hydrogen-bond acceptors (Lipinski definition) is 4. The van der Waals surface area contributed by atoms with Crippen LogP contribution in [0.2, 0.25) is 0 Å². The van der Waals surface area contributed by atoms with E-state index in [2.05, 4.69) is 5.32 Å². The number of benzene rings is 1. The van der Waals surface area contributed by atoms with Gasteiger partial charge in [0, 0.05) is 25.2 Å². The summed E-state index contributed by atoms with van der Waals surface area (Å²) in [6, 6.07) is 4.51. The molecule has 7 heteroatoms. The number of nitrogens with one attached hydrogen (secondary N) is 1. The lowest BCUT2D eigenvalue weighted by molar-refractivity contribution is 0.0935. The van der Waals surface area contributed by atoms with Gasteiger partial charge in [-0.15, -0.1) is 0 Å². The molecular formula is C13H19N3O3S. The van der Waals surface area contributed by atoms with Gasteiger partial charge in [-0.3, -0.25) is 4.79 Å².